The molecule has 0 bridgehead atoms. The zero-order chi connectivity index (χ0) is 20.6. The van der Waals surface area contributed by atoms with E-state index in [9.17, 15) is 4.79 Å². The van der Waals surface area contributed by atoms with Crippen molar-refractivity contribution in [2.45, 2.75) is 46.3 Å². The summed E-state index contributed by atoms with van der Waals surface area (Å²) in [5.41, 5.74) is 1.92. The van der Waals surface area contributed by atoms with E-state index >= 15 is 0 Å². The number of ether oxygens (including phenoxy) is 2. The number of amides is 1. The number of halogens is 1. The third-order valence-electron chi connectivity index (χ3n) is 4.90. The Morgan fingerprint density at radius 3 is 2.52 bits per heavy atom. The molecule has 1 aliphatic rings. The van der Waals surface area contributed by atoms with Crippen LogP contribution >= 0.6 is 24.0 Å². The molecule has 8 heteroatoms. The van der Waals surface area contributed by atoms with Crippen molar-refractivity contribution in [3.8, 4) is 0 Å². The Balaban J connectivity index is 0.00000420. The number of carbonyl (C=O) groups excluding carboxylic acids is 1. The van der Waals surface area contributed by atoms with E-state index in [0.717, 1.165) is 31.1 Å². The first-order valence-corrected chi connectivity index (χ1v) is 9.83. The number of hydrogen-bond acceptors (Lipinski definition) is 4. The number of benzene rings is 1. The summed E-state index contributed by atoms with van der Waals surface area (Å²) in [7, 11) is 3.12. The Hall–Kier alpha value is -1.55. The van der Waals surface area contributed by atoms with E-state index in [1.54, 1.807) is 7.05 Å². The normalized spacial score (nSPS) is 19.7. The fourth-order valence-corrected chi connectivity index (χ4v) is 3.52. The van der Waals surface area contributed by atoms with Crippen LogP contribution in [-0.2, 0) is 16.0 Å². The van der Waals surface area contributed by atoms with Crippen molar-refractivity contribution in [3.05, 3.63) is 29.8 Å². The fraction of sp³-hybridized carbons (Fsp3) is 0.619. The molecule has 1 aliphatic heterocycles. The summed E-state index contributed by atoms with van der Waals surface area (Å²) in [6, 6.07) is 7.60. The lowest BCUT2D eigenvalue weighted by molar-refractivity contribution is -0.0835. The summed E-state index contributed by atoms with van der Waals surface area (Å²) in [4.78, 5) is 15.6. The maximum absolute atomic E-state index is 11.2. The van der Waals surface area contributed by atoms with Crippen molar-refractivity contribution in [2.24, 2.45) is 16.3 Å². The van der Waals surface area contributed by atoms with Gasteiger partial charge in [0.15, 0.2) is 5.96 Å². The Morgan fingerprint density at radius 1 is 1.24 bits per heavy atom. The molecule has 29 heavy (non-hydrogen) atoms. The second-order valence-corrected chi connectivity index (χ2v) is 8.18. The van der Waals surface area contributed by atoms with Gasteiger partial charge < -0.3 is 20.1 Å². The smallest absolute Gasteiger partial charge is 0.411 e. The minimum atomic E-state index is -0.476. The largest absolute Gasteiger partial charge is 0.453 e. The highest BCUT2D eigenvalue weighted by atomic mass is 127. The second kappa shape index (κ2) is 12.2. The van der Waals surface area contributed by atoms with E-state index in [-0.39, 0.29) is 35.5 Å². The Morgan fingerprint density at radius 2 is 1.93 bits per heavy atom. The quantitative estimate of drug-likeness (QED) is 0.312. The molecule has 3 N–H and O–H groups in total. The van der Waals surface area contributed by atoms with Gasteiger partial charge in [0.05, 0.1) is 13.2 Å². The fourth-order valence-electron chi connectivity index (χ4n) is 3.52. The molecule has 0 saturated carbocycles. The number of anilines is 1. The lowest BCUT2D eigenvalue weighted by Gasteiger charge is -2.40. The lowest BCUT2D eigenvalue weighted by Crippen LogP contribution is -2.47. The molecule has 1 saturated heterocycles. The first kappa shape index (κ1) is 25.5. The summed E-state index contributed by atoms with van der Waals surface area (Å²) in [6.45, 7) is 9.04. The Bertz CT molecular complexity index is 659. The monoisotopic (exact) mass is 518 g/mol. The van der Waals surface area contributed by atoms with Crippen LogP contribution < -0.4 is 16.0 Å². The second-order valence-electron chi connectivity index (χ2n) is 8.18. The first-order chi connectivity index (χ1) is 13.3. The van der Waals surface area contributed by atoms with Gasteiger partial charge in [-0.2, -0.15) is 0 Å². The molecule has 2 rings (SSSR count). The molecular formula is C21H35IN4O3. The summed E-state index contributed by atoms with van der Waals surface area (Å²) >= 11 is 0. The predicted octanol–water partition coefficient (Wildman–Crippen LogP) is 3.99. The van der Waals surface area contributed by atoms with E-state index in [2.05, 4.69) is 46.5 Å². The van der Waals surface area contributed by atoms with Crippen molar-refractivity contribution in [3.63, 3.8) is 0 Å². The van der Waals surface area contributed by atoms with Crippen molar-refractivity contribution >= 4 is 41.7 Å². The molecule has 1 fully saturated rings. The van der Waals surface area contributed by atoms with E-state index in [0.29, 0.717) is 18.2 Å². The highest BCUT2D eigenvalue weighted by Gasteiger charge is 2.35. The molecule has 0 radical (unpaired) electrons. The highest BCUT2D eigenvalue weighted by Crippen LogP contribution is 2.33. The highest BCUT2D eigenvalue weighted by molar-refractivity contribution is 14.0. The number of carbonyl (C=O) groups is 1. The van der Waals surface area contributed by atoms with Crippen LogP contribution in [0, 0.1) is 11.3 Å². The lowest BCUT2D eigenvalue weighted by atomic mass is 9.78. The van der Waals surface area contributed by atoms with E-state index in [1.165, 1.54) is 13.5 Å². The van der Waals surface area contributed by atoms with Crippen LogP contribution in [0.2, 0.25) is 0 Å². The number of nitrogens with one attached hydrogen (secondary N) is 3. The zero-order valence-electron chi connectivity index (χ0n) is 18.1. The minimum Gasteiger partial charge on any atom is -0.453 e. The molecule has 7 nitrogen and oxygen atoms in total. The molecule has 1 aromatic rings. The number of hydrogen-bond donors (Lipinski definition) is 3. The van der Waals surface area contributed by atoms with Gasteiger partial charge in [-0.25, -0.2) is 4.79 Å². The standard InChI is InChI=1S/C21H34N4O3.HI/c1-21(2,3)18-16(7-6-12-28-18)14-24-19(22-4)23-13-15-8-10-17(11-9-15)25-20(26)27-5;/h8-11,16,18H,6-7,12-14H2,1-5H3,(H,25,26)(H2,22,23,24);1H. The minimum absolute atomic E-state index is 0. The maximum atomic E-state index is 11.2. The molecule has 2 unspecified atom stereocenters. The number of methoxy groups -OCH3 is 1. The third-order valence-corrected chi connectivity index (χ3v) is 4.90. The molecule has 164 valence electrons. The Kier molecular flexibility index (Phi) is 10.7. The first-order valence-electron chi connectivity index (χ1n) is 9.83. The van der Waals surface area contributed by atoms with Gasteiger partial charge in [0.2, 0.25) is 0 Å². The summed E-state index contributed by atoms with van der Waals surface area (Å²) in [5, 5.41) is 9.42. The van der Waals surface area contributed by atoms with Crippen LogP contribution in [0.3, 0.4) is 0 Å². The van der Waals surface area contributed by atoms with Gasteiger partial charge >= 0.3 is 6.09 Å². The van der Waals surface area contributed by atoms with E-state index in [4.69, 9.17) is 4.74 Å². The molecule has 1 heterocycles. The van der Waals surface area contributed by atoms with Crippen LogP contribution in [0.15, 0.2) is 29.3 Å². The van der Waals surface area contributed by atoms with Crippen LogP contribution in [-0.4, -0.2) is 45.5 Å². The van der Waals surface area contributed by atoms with Gasteiger partial charge in [-0.05, 0) is 36.0 Å². The number of rotatable bonds is 5. The molecule has 0 aromatic heterocycles. The van der Waals surface area contributed by atoms with Gasteiger partial charge in [0, 0.05) is 38.3 Å². The average molecular weight is 518 g/mol. The predicted molar refractivity (Wildman–Crippen MR) is 128 cm³/mol. The molecule has 0 spiro atoms. The van der Waals surface area contributed by atoms with Gasteiger partial charge in [-0.15, -0.1) is 24.0 Å². The van der Waals surface area contributed by atoms with Gasteiger partial charge in [-0.1, -0.05) is 32.9 Å². The summed E-state index contributed by atoms with van der Waals surface area (Å²) < 4.78 is 10.6. The van der Waals surface area contributed by atoms with Crippen LogP contribution in [0.4, 0.5) is 10.5 Å². The van der Waals surface area contributed by atoms with Crippen molar-refractivity contribution in [1.82, 2.24) is 10.6 Å². The summed E-state index contributed by atoms with van der Waals surface area (Å²) in [5.74, 6) is 1.24. The van der Waals surface area contributed by atoms with Gasteiger partial charge in [-0.3, -0.25) is 10.3 Å². The van der Waals surface area contributed by atoms with Crippen molar-refractivity contribution in [1.29, 1.82) is 0 Å². The van der Waals surface area contributed by atoms with E-state index < -0.39 is 6.09 Å². The molecule has 1 aromatic carbocycles. The van der Waals surface area contributed by atoms with Crippen LogP contribution in [0.5, 0.6) is 0 Å². The molecule has 2 atom stereocenters. The number of nitrogens with zero attached hydrogens (tertiary/aromatic N) is 1. The van der Waals surface area contributed by atoms with Gasteiger partial charge in [0.25, 0.3) is 0 Å². The SMILES string of the molecule is CN=C(NCc1ccc(NC(=O)OC)cc1)NCC1CCCOC1C(C)(C)C.I. The van der Waals surface area contributed by atoms with Crippen molar-refractivity contribution in [2.75, 3.05) is 32.6 Å². The summed E-state index contributed by atoms with van der Waals surface area (Å²) in [6.07, 6.45) is 2.05. The topological polar surface area (TPSA) is 84.0 Å². The molecular weight excluding hydrogens is 483 g/mol. The van der Waals surface area contributed by atoms with Crippen molar-refractivity contribution < 1.29 is 14.3 Å². The number of aliphatic imine (C=N–C) groups is 1. The maximum Gasteiger partial charge on any atom is 0.411 e. The number of guanidine groups is 1. The average Bonchev–Trinajstić information content (AvgIpc) is 2.68. The van der Waals surface area contributed by atoms with Gasteiger partial charge in [0.1, 0.15) is 0 Å². The Labute approximate surface area is 191 Å². The molecule has 1 amide bonds. The van der Waals surface area contributed by atoms with Crippen LogP contribution in [0.25, 0.3) is 0 Å². The van der Waals surface area contributed by atoms with Crippen LogP contribution in [0.1, 0.15) is 39.2 Å². The third kappa shape index (κ3) is 8.38. The van der Waals surface area contributed by atoms with E-state index in [1.807, 2.05) is 24.3 Å². The zero-order valence-corrected chi connectivity index (χ0v) is 20.4. The molecule has 0 aliphatic carbocycles.